The SMILES string of the molecule is CCC(CC)C(=O)N1CCC(NC(=O)CCNC(=O)OC(C)(C)C)CC1. The number of hydrogen-bond donors (Lipinski definition) is 2. The van der Waals surface area contributed by atoms with Gasteiger partial charge >= 0.3 is 6.09 Å². The van der Waals surface area contributed by atoms with Crippen LogP contribution in [-0.2, 0) is 14.3 Å². The Morgan fingerprint density at radius 2 is 1.69 bits per heavy atom. The molecule has 1 rings (SSSR count). The van der Waals surface area contributed by atoms with E-state index in [0.717, 1.165) is 25.7 Å². The summed E-state index contributed by atoms with van der Waals surface area (Å²) in [6.07, 6.45) is 2.99. The average Bonchev–Trinajstić information content (AvgIpc) is 2.54. The van der Waals surface area contributed by atoms with Gasteiger partial charge in [0.25, 0.3) is 0 Å². The van der Waals surface area contributed by atoms with Crippen molar-refractivity contribution in [3.63, 3.8) is 0 Å². The van der Waals surface area contributed by atoms with Gasteiger partial charge in [-0.15, -0.1) is 0 Å². The number of carbonyl (C=O) groups excluding carboxylic acids is 3. The van der Waals surface area contributed by atoms with Gasteiger partial charge in [-0.2, -0.15) is 0 Å². The molecule has 7 heteroatoms. The number of carbonyl (C=O) groups is 3. The first-order valence-corrected chi connectivity index (χ1v) is 9.71. The van der Waals surface area contributed by atoms with Gasteiger partial charge in [0.1, 0.15) is 5.60 Å². The third kappa shape index (κ3) is 8.06. The summed E-state index contributed by atoms with van der Waals surface area (Å²) in [7, 11) is 0. The summed E-state index contributed by atoms with van der Waals surface area (Å²) in [6.45, 7) is 11.1. The van der Waals surface area contributed by atoms with Gasteiger partial charge in [-0.1, -0.05) is 13.8 Å². The van der Waals surface area contributed by atoms with Gasteiger partial charge in [-0.25, -0.2) is 4.79 Å². The average molecular weight is 370 g/mol. The Hall–Kier alpha value is -1.79. The van der Waals surface area contributed by atoms with Crippen LogP contribution < -0.4 is 10.6 Å². The molecule has 0 bridgehead atoms. The van der Waals surface area contributed by atoms with Gasteiger partial charge in [0.2, 0.25) is 11.8 Å². The fourth-order valence-electron chi connectivity index (χ4n) is 3.03. The van der Waals surface area contributed by atoms with Crippen molar-refractivity contribution < 1.29 is 19.1 Å². The second kappa shape index (κ2) is 10.4. The molecule has 1 fully saturated rings. The molecule has 7 nitrogen and oxygen atoms in total. The number of nitrogens with zero attached hydrogens (tertiary/aromatic N) is 1. The molecule has 0 aromatic rings. The van der Waals surface area contributed by atoms with Crippen LogP contribution in [0.1, 0.15) is 66.7 Å². The molecule has 2 N–H and O–H groups in total. The monoisotopic (exact) mass is 369 g/mol. The molecule has 1 aliphatic heterocycles. The zero-order chi connectivity index (χ0) is 19.7. The Morgan fingerprint density at radius 1 is 1.12 bits per heavy atom. The van der Waals surface area contributed by atoms with Crippen LogP contribution in [0.3, 0.4) is 0 Å². The summed E-state index contributed by atoms with van der Waals surface area (Å²) >= 11 is 0. The third-order valence-corrected chi connectivity index (χ3v) is 4.53. The van der Waals surface area contributed by atoms with E-state index in [1.807, 2.05) is 18.7 Å². The highest BCUT2D eigenvalue weighted by Crippen LogP contribution is 2.17. The molecule has 0 unspecified atom stereocenters. The van der Waals surface area contributed by atoms with Crippen LogP contribution in [0.4, 0.5) is 4.79 Å². The van der Waals surface area contributed by atoms with Crippen molar-refractivity contribution in [2.75, 3.05) is 19.6 Å². The summed E-state index contributed by atoms with van der Waals surface area (Å²) in [4.78, 5) is 37.8. The Morgan fingerprint density at radius 3 is 2.19 bits per heavy atom. The summed E-state index contributed by atoms with van der Waals surface area (Å²) < 4.78 is 5.12. The van der Waals surface area contributed by atoms with Gasteiger partial charge in [-0.3, -0.25) is 9.59 Å². The second-order valence-electron chi connectivity index (χ2n) is 7.86. The van der Waals surface area contributed by atoms with Crippen molar-refractivity contribution >= 4 is 17.9 Å². The first kappa shape index (κ1) is 22.3. The Labute approximate surface area is 157 Å². The number of alkyl carbamates (subject to hydrolysis) is 1. The van der Waals surface area contributed by atoms with Crippen LogP contribution >= 0.6 is 0 Å². The van der Waals surface area contributed by atoms with Gasteiger partial charge in [0, 0.05) is 38.0 Å². The first-order chi connectivity index (χ1) is 12.2. The van der Waals surface area contributed by atoms with E-state index in [0.29, 0.717) is 13.1 Å². The van der Waals surface area contributed by atoms with Gasteiger partial charge in [0.05, 0.1) is 0 Å². The molecule has 0 atom stereocenters. The molecule has 0 spiro atoms. The summed E-state index contributed by atoms with van der Waals surface area (Å²) in [5.41, 5.74) is -0.549. The maximum absolute atomic E-state index is 12.4. The highest BCUT2D eigenvalue weighted by atomic mass is 16.6. The van der Waals surface area contributed by atoms with E-state index >= 15 is 0 Å². The molecule has 26 heavy (non-hydrogen) atoms. The van der Waals surface area contributed by atoms with Crippen molar-refractivity contribution in [2.45, 2.75) is 78.4 Å². The number of ether oxygens (including phenoxy) is 1. The van der Waals surface area contributed by atoms with Crippen molar-refractivity contribution in [3.05, 3.63) is 0 Å². The summed E-state index contributed by atoms with van der Waals surface area (Å²) in [6, 6.07) is 0.0924. The molecule has 150 valence electrons. The van der Waals surface area contributed by atoms with E-state index in [4.69, 9.17) is 4.74 Å². The van der Waals surface area contributed by atoms with Crippen LogP contribution in [0, 0.1) is 5.92 Å². The van der Waals surface area contributed by atoms with Crippen LogP contribution in [0.5, 0.6) is 0 Å². The minimum absolute atomic E-state index is 0.0918. The number of piperidine rings is 1. The molecule has 0 aliphatic carbocycles. The minimum Gasteiger partial charge on any atom is -0.444 e. The van der Waals surface area contributed by atoms with Gasteiger partial charge in [-0.05, 0) is 46.5 Å². The lowest BCUT2D eigenvalue weighted by Gasteiger charge is -2.34. The fraction of sp³-hybridized carbons (Fsp3) is 0.842. The smallest absolute Gasteiger partial charge is 0.407 e. The highest BCUT2D eigenvalue weighted by molar-refractivity contribution is 5.79. The summed E-state index contributed by atoms with van der Waals surface area (Å²) in [5.74, 6) is 0.257. The van der Waals surface area contributed by atoms with Crippen molar-refractivity contribution in [1.82, 2.24) is 15.5 Å². The minimum atomic E-state index is -0.549. The van der Waals surface area contributed by atoms with E-state index in [9.17, 15) is 14.4 Å². The second-order valence-corrected chi connectivity index (χ2v) is 7.86. The highest BCUT2D eigenvalue weighted by Gasteiger charge is 2.27. The van der Waals surface area contributed by atoms with Crippen LogP contribution in [0.25, 0.3) is 0 Å². The van der Waals surface area contributed by atoms with Gasteiger partial charge in [0.15, 0.2) is 0 Å². The number of likely N-dealkylation sites (tertiary alicyclic amines) is 1. The Balaban J connectivity index is 2.25. The molecule has 0 radical (unpaired) electrons. The van der Waals surface area contributed by atoms with Crippen molar-refractivity contribution in [1.29, 1.82) is 0 Å². The standard InChI is InChI=1S/C19H35N3O4/c1-6-14(7-2)17(24)22-12-9-15(10-13-22)21-16(23)8-11-20-18(25)26-19(3,4)5/h14-15H,6-13H2,1-5H3,(H,20,25)(H,21,23). The Kier molecular flexibility index (Phi) is 8.88. The molecule has 1 heterocycles. The molecular formula is C19H35N3O4. The predicted molar refractivity (Wildman–Crippen MR) is 101 cm³/mol. The fourth-order valence-corrected chi connectivity index (χ4v) is 3.03. The van der Waals surface area contributed by atoms with Crippen LogP contribution in [0.2, 0.25) is 0 Å². The maximum Gasteiger partial charge on any atom is 0.407 e. The topological polar surface area (TPSA) is 87.7 Å². The van der Waals surface area contributed by atoms with E-state index in [1.165, 1.54) is 0 Å². The van der Waals surface area contributed by atoms with E-state index < -0.39 is 11.7 Å². The first-order valence-electron chi connectivity index (χ1n) is 9.71. The zero-order valence-corrected chi connectivity index (χ0v) is 16.9. The third-order valence-electron chi connectivity index (χ3n) is 4.53. The number of hydrogen-bond acceptors (Lipinski definition) is 4. The van der Waals surface area contributed by atoms with E-state index in [-0.39, 0.29) is 36.7 Å². The molecule has 0 aromatic heterocycles. The molecule has 0 aromatic carbocycles. The predicted octanol–water partition coefficient (Wildman–Crippen LogP) is 2.44. The molecule has 3 amide bonds. The normalized spacial score (nSPS) is 15.7. The molecule has 0 saturated carbocycles. The van der Waals surface area contributed by atoms with Crippen LogP contribution in [-0.4, -0.2) is 54.1 Å². The summed E-state index contributed by atoms with van der Waals surface area (Å²) in [5, 5.41) is 5.57. The van der Waals surface area contributed by atoms with Gasteiger partial charge < -0.3 is 20.3 Å². The zero-order valence-electron chi connectivity index (χ0n) is 16.9. The van der Waals surface area contributed by atoms with Crippen molar-refractivity contribution in [3.8, 4) is 0 Å². The van der Waals surface area contributed by atoms with E-state index in [1.54, 1.807) is 20.8 Å². The Bertz CT molecular complexity index is 476. The van der Waals surface area contributed by atoms with Crippen molar-refractivity contribution in [2.24, 2.45) is 5.92 Å². The lowest BCUT2D eigenvalue weighted by Crippen LogP contribution is -2.48. The lowest BCUT2D eigenvalue weighted by molar-refractivity contribution is -0.137. The molecule has 1 aliphatic rings. The number of rotatable bonds is 7. The number of amides is 3. The van der Waals surface area contributed by atoms with E-state index in [2.05, 4.69) is 10.6 Å². The van der Waals surface area contributed by atoms with Crippen LogP contribution in [0.15, 0.2) is 0 Å². The quantitative estimate of drug-likeness (QED) is 0.721. The molecule has 1 saturated heterocycles. The lowest BCUT2D eigenvalue weighted by atomic mass is 9.98. The largest absolute Gasteiger partial charge is 0.444 e. The maximum atomic E-state index is 12.4. The number of nitrogens with one attached hydrogen (secondary N) is 2. The molecular weight excluding hydrogens is 334 g/mol.